The van der Waals surface area contributed by atoms with E-state index in [2.05, 4.69) is 10.2 Å². The van der Waals surface area contributed by atoms with Crippen molar-refractivity contribution in [3.8, 4) is 0 Å². The molecule has 0 unspecified atom stereocenters. The first-order valence-electron chi connectivity index (χ1n) is 6.73. The summed E-state index contributed by atoms with van der Waals surface area (Å²) in [6.07, 6.45) is 13.5. The summed E-state index contributed by atoms with van der Waals surface area (Å²) < 4.78 is 0. The first-order chi connectivity index (χ1) is 8.36. The third kappa shape index (κ3) is 6.34. The molecule has 0 aromatic heterocycles. The average Bonchev–Trinajstić information content (AvgIpc) is 2.40. The largest absolute Gasteiger partial charge is 0.379 e. The van der Waals surface area contributed by atoms with Gasteiger partial charge in [0.2, 0.25) is 0 Å². The summed E-state index contributed by atoms with van der Waals surface area (Å²) in [5.41, 5.74) is 0. The summed E-state index contributed by atoms with van der Waals surface area (Å²) in [5, 5.41) is 17.0. The molecule has 0 spiro atoms. The Morgan fingerprint density at radius 2 is 1.00 bits per heavy atom. The zero-order valence-corrected chi connectivity index (χ0v) is 10.4. The molecule has 0 bridgehead atoms. The molecule has 2 saturated carbocycles. The number of rotatable bonds is 2. The van der Waals surface area contributed by atoms with Crippen LogP contribution in [0.3, 0.4) is 0 Å². The average molecular weight is 241 g/mol. The van der Waals surface area contributed by atoms with Gasteiger partial charge in [0, 0.05) is 0 Å². The molecule has 1 N–H and O–H groups in total. The Kier molecular flexibility index (Phi) is 7.51. The molecule has 0 aliphatic heterocycles. The maximum absolute atomic E-state index is 8.11. The monoisotopic (exact) mass is 241 g/mol. The molecule has 0 aromatic carbocycles. The van der Waals surface area contributed by atoms with E-state index < -0.39 is 0 Å². The molecule has 0 atom stereocenters. The smallest absolute Gasteiger partial charge is 0.152 e. The van der Waals surface area contributed by atoms with Gasteiger partial charge in [0.25, 0.3) is 0 Å². The molecule has 5 heteroatoms. The van der Waals surface area contributed by atoms with Gasteiger partial charge in [-0.05, 0) is 25.7 Å². The molecular weight excluding hydrogens is 218 g/mol. The molecule has 2 fully saturated rings. The van der Waals surface area contributed by atoms with Gasteiger partial charge in [-0.3, -0.25) is 0 Å². The van der Waals surface area contributed by atoms with Gasteiger partial charge in [0.1, 0.15) is 0 Å². The predicted molar refractivity (Wildman–Crippen MR) is 66.2 cm³/mol. The van der Waals surface area contributed by atoms with Crippen molar-refractivity contribution in [2.45, 2.75) is 76.3 Å². The predicted octanol–water partition coefficient (Wildman–Crippen LogP) is 4.25. The summed E-state index contributed by atoms with van der Waals surface area (Å²) in [7, 11) is 0. The number of hydrogen-bond acceptors (Lipinski definition) is 4. The maximum atomic E-state index is 8.11. The van der Waals surface area contributed by atoms with Crippen LogP contribution in [0.2, 0.25) is 0 Å². The summed E-state index contributed by atoms with van der Waals surface area (Å²) in [6, 6.07) is 1.15. The van der Waals surface area contributed by atoms with E-state index in [-0.39, 0.29) is 0 Å². The molecule has 0 saturated heterocycles. The van der Waals surface area contributed by atoms with Crippen molar-refractivity contribution in [2.24, 2.45) is 15.6 Å². The third-order valence-corrected chi connectivity index (χ3v) is 3.54. The molecule has 2 aliphatic rings. The summed E-state index contributed by atoms with van der Waals surface area (Å²) in [6.45, 7) is 0. The lowest BCUT2D eigenvalue weighted by atomic mass is 9.95. The molecular formula is C12H23N3O2. The van der Waals surface area contributed by atoms with Gasteiger partial charge in [0.05, 0.1) is 12.1 Å². The minimum Gasteiger partial charge on any atom is -0.379 e. The minimum absolute atomic E-state index is 0.575. The lowest BCUT2D eigenvalue weighted by molar-refractivity contribution is 0.312. The van der Waals surface area contributed by atoms with Crippen molar-refractivity contribution < 1.29 is 5.21 Å². The van der Waals surface area contributed by atoms with Crippen LogP contribution < -0.4 is 0 Å². The van der Waals surface area contributed by atoms with Gasteiger partial charge < -0.3 is 5.21 Å². The second kappa shape index (κ2) is 9.07. The Labute approximate surface area is 103 Å². The Bertz CT molecular complexity index is 202. The highest BCUT2D eigenvalue weighted by Crippen LogP contribution is 2.24. The molecule has 0 heterocycles. The van der Waals surface area contributed by atoms with Crippen molar-refractivity contribution in [3.05, 3.63) is 4.91 Å². The van der Waals surface area contributed by atoms with Crippen molar-refractivity contribution in [1.29, 1.82) is 0 Å². The third-order valence-electron chi connectivity index (χ3n) is 3.54. The summed E-state index contributed by atoms with van der Waals surface area (Å²) in [4.78, 5) is 8.11. The molecule has 2 aliphatic carbocycles. The molecule has 17 heavy (non-hydrogen) atoms. The van der Waals surface area contributed by atoms with Crippen molar-refractivity contribution in [3.63, 3.8) is 0 Å². The van der Waals surface area contributed by atoms with E-state index in [0.29, 0.717) is 12.1 Å². The van der Waals surface area contributed by atoms with E-state index >= 15 is 0 Å². The molecule has 0 amide bonds. The standard InChI is InChI=1S/C12H22N2.HNO2/c1-3-7-11(8-4-1)13-14-12-9-5-2-6-10-12;2-1-3/h11-12H,1-10H2;(H,2,3). The number of nitrogens with zero attached hydrogens (tertiary/aromatic N) is 3. The van der Waals surface area contributed by atoms with E-state index in [4.69, 9.17) is 10.1 Å². The Morgan fingerprint density at radius 3 is 1.29 bits per heavy atom. The lowest BCUT2D eigenvalue weighted by Gasteiger charge is -2.19. The first kappa shape index (κ1) is 14.1. The molecule has 2 rings (SSSR count). The van der Waals surface area contributed by atoms with Crippen LogP contribution in [0.4, 0.5) is 0 Å². The SMILES string of the molecule is C1CCC(N=NC2CCCCC2)CC1.O=NO. The minimum atomic E-state index is 0.575. The molecule has 98 valence electrons. The van der Waals surface area contributed by atoms with E-state index in [1.54, 1.807) is 0 Å². The van der Waals surface area contributed by atoms with E-state index in [9.17, 15) is 0 Å². The van der Waals surface area contributed by atoms with Crippen molar-refractivity contribution in [2.75, 3.05) is 0 Å². The highest BCUT2D eigenvalue weighted by molar-refractivity contribution is 4.73. The Morgan fingerprint density at radius 1 is 0.706 bits per heavy atom. The second-order valence-electron chi connectivity index (χ2n) is 4.90. The number of azo groups is 1. The quantitative estimate of drug-likeness (QED) is 0.446. The summed E-state index contributed by atoms with van der Waals surface area (Å²) in [5.74, 6) is 0. The van der Waals surface area contributed by atoms with Crippen molar-refractivity contribution in [1.82, 2.24) is 0 Å². The lowest BCUT2D eigenvalue weighted by Crippen LogP contribution is -2.12. The maximum Gasteiger partial charge on any atom is 0.152 e. The van der Waals surface area contributed by atoms with E-state index in [0.717, 1.165) is 0 Å². The van der Waals surface area contributed by atoms with E-state index in [1.165, 1.54) is 69.5 Å². The zero-order chi connectivity index (χ0) is 12.3. The highest BCUT2D eigenvalue weighted by atomic mass is 16.6. The van der Waals surface area contributed by atoms with Gasteiger partial charge in [-0.15, -0.1) is 4.91 Å². The van der Waals surface area contributed by atoms with Gasteiger partial charge in [-0.25, -0.2) is 0 Å². The molecule has 0 aromatic rings. The fourth-order valence-electron chi connectivity index (χ4n) is 2.58. The Balaban J connectivity index is 0.000000437. The van der Waals surface area contributed by atoms with Crippen molar-refractivity contribution >= 4 is 0 Å². The van der Waals surface area contributed by atoms with Crippen LogP contribution in [-0.4, -0.2) is 17.3 Å². The van der Waals surface area contributed by atoms with Crippen LogP contribution in [-0.2, 0) is 0 Å². The normalized spacial score (nSPS) is 23.1. The highest BCUT2D eigenvalue weighted by Gasteiger charge is 2.15. The number of hydrogen-bond donors (Lipinski definition) is 1. The zero-order valence-electron chi connectivity index (χ0n) is 10.4. The second-order valence-corrected chi connectivity index (χ2v) is 4.90. The summed E-state index contributed by atoms with van der Waals surface area (Å²) >= 11 is 0. The fraction of sp³-hybridized carbons (Fsp3) is 1.00. The van der Waals surface area contributed by atoms with E-state index in [1.807, 2.05) is 0 Å². The van der Waals surface area contributed by atoms with Crippen LogP contribution in [0.25, 0.3) is 0 Å². The van der Waals surface area contributed by atoms with Gasteiger partial charge in [-0.2, -0.15) is 10.2 Å². The molecule has 0 radical (unpaired) electrons. The van der Waals surface area contributed by atoms with Gasteiger partial charge >= 0.3 is 0 Å². The van der Waals surface area contributed by atoms with Crippen LogP contribution in [0.5, 0.6) is 0 Å². The molecule has 5 nitrogen and oxygen atoms in total. The van der Waals surface area contributed by atoms with Crippen LogP contribution in [0.1, 0.15) is 64.2 Å². The Hall–Kier alpha value is -1.00. The topological polar surface area (TPSA) is 74.4 Å². The van der Waals surface area contributed by atoms with Gasteiger partial charge in [-0.1, -0.05) is 38.5 Å². The van der Waals surface area contributed by atoms with Crippen LogP contribution >= 0.6 is 0 Å². The van der Waals surface area contributed by atoms with Gasteiger partial charge in [0.15, 0.2) is 5.34 Å². The van der Waals surface area contributed by atoms with Crippen LogP contribution in [0, 0.1) is 4.91 Å². The first-order valence-corrected chi connectivity index (χ1v) is 6.73. The van der Waals surface area contributed by atoms with Crippen LogP contribution in [0.15, 0.2) is 15.6 Å². The fourth-order valence-corrected chi connectivity index (χ4v) is 2.58.